The van der Waals surface area contributed by atoms with Gasteiger partial charge in [-0.3, -0.25) is 14.4 Å². The van der Waals surface area contributed by atoms with E-state index in [1.807, 2.05) is 30.3 Å². The zero-order valence-corrected chi connectivity index (χ0v) is 20.1. The van der Waals surface area contributed by atoms with Gasteiger partial charge in [0.1, 0.15) is 18.7 Å². The Kier molecular flexibility index (Phi) is 9.78. The lowest BCUT2D eigenvalue weighted by Gasteiger charge is -2.30. The SMILES string of the molecule is CC(=O)SC[C@H]1CCCCCC[C@H](C(=O)N2CCC[C@H]2C(=O)OCc2ccccc2)NC1=O. The Hall–Kier alpha value is -2.35. The fourth-order valence-electron chi connectivity index (χ4n) is 4.45. The van der Waals surface area contributed by atoms with Crippen molar-refractivity contribution in [2.24, 2.45) is 5.92 Å². The highest BCUT2D eigenvalue weighted by atomic mass is 32.2. The second-order valence-corrected chi connectivity index (χ2v) is 10.0. The number of rotatable bonds is 6. The number of benzene rings is 1. The van der Waals surface area contributed by atoms with E-state index in [-0.39, 0.29) is 29.5 Å². The van der Waals surface area contributed by atoms with Crippen molar-refractivity contribution in [3.05, 3.63) is 35.9 Å². The van der Waals surface area contributed by atoms with Crippen LogP contribution in [0.5, 0.6) is 0 Å². The van der Waals surface area contributed by atoms with Crippen LogP contribution in [0.15, 0.2) is 30.3 Å². The summed E-state index contributed by atoms with van der Waals surface area (Å²) in [4.78, 5) is 52.1. The molecule has 0 aliphatic carbocycles. The molecule has 1 aromatic carbocycles. The maximum atomic E-state index is 13.4. The molecule has 0 unspecified atom stereocenters. The van der Waals surface area contributed by atoms with E-state index in [9.17, 15) is 19.2 Å². The van der Waals surface area contributed by atoms with Gasteiger partial charge in [-0.25, -0.2) is 4.79 Å². The fraction of sp³-hybridized carbons (Fsp3) is 0.600. The maximum Gasteiger partial charge on any atom is 0.329 e. The van der Waals surface area contributed by atoms with Crippen molar-refractivity contribution in [1.82, 2.24) is 10.2 Å². The molecule has 0 bridgehead atoms. The number of nitrogens with zero attached hydrogens (tertiary/aromatic N) is 1. The van der Waals surface area contributed by atoms with Crippen LogP contribution in [0.25, 0.3) is 0 Å². The summed E-state index contributed by atoms with van der Waals surface area (Å²) >= 11 is 1.16. The van der Waals surface area contributed by atoms with E-state index in [0.717, 1.165) is 49.4 Å². The first-order valence-corrected chi connectivity index (χ1v) is 12.9. The number of hydrogen-bond donors (Lipinski definition) is 1. The van der Waals surface area contributed by atoms with E-state index in [1.54, 1.807) is 4.90 Å². The summed E-state index contributed by atoms with van der Waals surface area (Å²) in [6, 6.07) is 8.19. The van der Waals surface area contributed by atoms with Crippen molar-refractivity contribution in [3.63, 3.8) is 0 Å². The number of esters is 1. The third kappa shape index (κ3) is 7.59. The van der Waals surface area contributed by atoms with Crippen molar-refractivity contribution in [3.8, 4) is 0 Å². The number of carbonyl (C=O) groups excluding carboxylic acids is 4. The van der Waals surface area contributed by atoms with Gasteiger partial charge < -0.3 is 15.0 Å². The van der Waals surface area contributed by atoms with Crippen LogP contribution in [0.2, 0.25) is 0 Å². The van der Waals surface area contributed by atoms with Crippen LogP contribution in [-0.4, -0.2) is 52.2 Å². The summed E-state index contributed by atoms with van der Waals surface area (Å²) in [5.41, 5.74) is 0.899. The van der Waals surface area contributed by atoms with Gasteiger partial charge in [-0.1, -0.05) is 67.8 Å². The molecule has 3 atom stereocenters. The Morgan fingerprint density at radius 1 is 1.03 bits per heavy atom. The van der Waals surface area contributed by atoms with Crippen molar-refractivity contribution in [1.29, 1.82) is 0 Å². The number of hydrogen-bond acceptors (Lipinski definition) is 6. The molecule has 0 radical (unpaired) electrons. The van der Waals surface area contributed by atoms with Crippen molar-refractivity contribution in [2.45, 2.75) is 77.0 Å². The summed E-state index contributed by atoms with van der Waals surface area (Å²) in [5.74, 6) is -0.642. The molecule has 2 aliphatic heterocycles. The summed E-state index contributed by atoms with van der Waals surface area (Å²) < 4.78 is 5.50. The monoisotopic (exact) mass is 474 g/mol. The van der Waals surface area contributed by atoms with Gasteiger partial charge in [0.15, 0.2) is 5.12 Å². The molecule has 8 heteroatoms. The largest absolute Gasteiger partial charge is 0.459 e. The van der Waals surface area contributed by atoms with Gasteiger partial charge in [-0.05, 0) is 31.2 Å². The quantitative estimate of drug-likeness (QED) is 0.635. The number of likely N-dealkylation sites (tertiary alicyclic amines) is 1. The predicted octanol–water partition coefficient (Wildman–Crippen LogP) is 3.46. The van der Waals surface area contributed by atoms with Crippen molar-refractivity contribution >= 4 is 34.7 Å². The maximum absolute atomic E-state index is 13.4. The minimum atomic E-state index is -0.650. The van der Waals surface area contributed by atoms with Crippen molar-refractivity contribution < 1.29 is 23.9 Å². The zero-order valence-electron chi connectivity index (χ0n) is 19.3. The number of thioether (sulfide) groups is 1. The molecule has 2 heterocycles. The number of amides is 2. The van der Waals surface area contributed by atoms with Gasteiger partial charge in [0.25, 0.3) is 0 Å². The molecule has 0 spiro atoms. The van der Waals surface area contributed by atoms with E-state index in [0.29, 0.717) is 31.6 Å². The second-order valence-electron chi connectivity index (χ2n) is 8.84. The Labute approximate surface area is 200 Å². The molecule has 1 aromatic rings. The van der Waals surface area contributed by atoms with Crippen LogP contribution in [0.3, 0.4) is 0 Å². The van der Waals surface area contributed by atoms with Crippen molar-refractivity contribution in [2.75, 3.05) is 12.3 Å². The molecule has 3 rings (SSSR count). The van der Waals surface area contributed by atoms with E-state index in [4.69, 9.17) is 4.74 Å². The molecule has 180 valence electrons. The molecule has 7 nitrogen and oxygen atoms in total. The van der Waals surface area contributed by atoms with Crippen LogP contribution in [0, 0.1) is 5.92 Å². The lowest BCUT2D eigenvalue weighted by atomic mass is 9.97. The Bertz CT molecular complexity index is 831. The first-order chi connectivity index (χ1) is 16.0. The smallest absolute Gasteiger partial charge is 0.329 e. The van der Waals surface area contributed by atoms with Gasteiger partial charge in [0.05, 0.1) is 0 Å². The van der Waals surface area contributed by atoms with E-state index in [2.05, 4.69) is 5.32 Å². The molecular weight excluding hydrogens is 440 g/mol. The molecule has 2 amide bonds. The van der Waals surface area contributed by atoms with Gasteiger partial charge in [0.2, 0.25) is 11.8 Å². The third-order valence-electron chi connectivity index (χ3n) is 6.30. The summed E-state index contributed by atoms with van der Waals surface area (Å²) in [5, 5.41) is 2.94. The standard InChI is InChI=1S/C25H34N2O5S/c1-18(28)33-17-20-12-7-2-3-8-13-21(26-23(20)29)24(30)27-15-9-14-22(27)25(31)32-16-19-10-5-4-6-11-19/h4-6,10-11,20-22H,2-3,7-9,12-17H2,1H3,(H,26,29)/t20-,21-,22+/m1/s1. The van der Waals surface area contributed by atoms with Gasteiger partial charge >= 0.3 is 5.97 Å². The lowest BCUT2D eigenvalue weighted by Crippen LogP contribution is -2.53. The van der Waals surface area contributed by atoms with E-state index < -0.39 is 18.1 Å². The summed E-state index contributed by atoms with van der Waals surface area (Å²) in [7, 11) is 0. The molecule has 2 fully saturated rings. The topological polar surface area (TPSA) is 92.8 Å². The molecule has 33 heavy (non-hydrogen) atoms. The van der Waals surface area contributed by atoms with Gasteiger partial charge in [0, 0.05) is 25.1 Å². The molecule has 1 N–H and O–H groups in total. The van der Waals surface area contributed by atoms with Crippen LogP contribution in [-0.2, 0) is 30.5 Å². The van der Waals surface area contributed by atoms with E-state index in [1.165, 1.54) is 6.92 Å². The van der Waals surface area contributed by atoms with Gasteiger partial charge in [-0.15, -0.1) is 0 Å². The molecule has 0 aromatic heterocycles. The lowest BCUT2D eigenvalue weighted by molar-refractivity contribution is -0.155. The Balaban J connectivity index is 1.63. The highest BCUT2D eigenvalue weighted by Gasteiger charge is 2.39. The average Bonchev–Trinajstić information content (AvgIpc) is 3.30. The van der Waals surface area contributed by atoms with Crippen LogP contribution in [0.1, 0.15) is 63.9 Å². The minimum Gasteiger partial charge on any atom is -0.459 e. The normalized spacial score (nSPS) is 24.1. The number of ether oxygens (including phenoxy) is 1. The fourth-order valence-corrected chi connectivity index (χ4v) is 5.20. The van der Waals surface area contributed by atoms with Crippen LogP contribution >= 0.6 is 11.8 Å². The Morgan fingerprint density at radius 2 is 1.76 bits per heavy atom. The predicted molar refractivity (Wildman–Crippen MR) is 127 cm³/mol. The average molecular weight is 475 g/mol. The highest BCUT2D eigenvalue weighted by molar-refractivity contribution is 8.13. The van der Waals surface area contributed by atoms with Crippen LogP contribution < -0.4 is 5.32 Å². The first-order valence-electron chi connectivity index (χ1n) is 11.9. The van der Waals surface area contributed by atoms with E-state index >= 15 is 0 Å². The molecule has 2 saturated heterocycles. The second kappa shape index (κ2) is 12.8. The van der Waals surface area contributed by atoms with Gasteiger partial charge in [-0.2, -0.15) is 0 Å². The highest BCUT2D eigenvalue weighted by Crippen LogP contribution is 2.24. The molecular formula is C25H34N2O5S. The minimum absolute atomic E-state index is 0.0126. The Morgan fingerprint density at radius 3 is 2.48 bits per heavy atom. The summed E-state index contributed by atoms with van der Waals surface area (Å²) in [6.07, 6.45) is 6.36. The third-order valence-corrected chi connectivity index (χ3v) is 7.28. The zero-order chi connectivity index (χ0) is 23.6. The molecule has 0 saturated carbocycles. The summed E-state index contributed by atoms with van der Waals surface area (Å²) in [6.45, 7) is 2.16. The van der Waals surface area contributed by atoms with Crippen LogP contribution in [0.4, 0.5) is 0 Å². The molecule has 2 aliphatic rings. The first kappa shape index (κ1) is 25.3. The number of nitrogens with one attached hydrogen (secondary N) is 1. The number of carbonyl (C=O) groups is 4.